The Hall–Kier alpha value is -1.43. The first-order chi connectivity index (χ1) is 7.66. The lowest BCUT2D eigenvalue weighted by atomic mass is 10.2. The number of nitrogens with one attached hydrogen (secondary N) is 1. The van der Waals surface area contributed by atoms with Crippen LogP contribution in [0.4, 0.5) is 5.13 Å². The summed E-state index contributed by atoms with van der Waals surface area (Å²) in [6, 6.07) is 0. The maximum absolute atomic E-state index is 4.85. The Morgan fingerprint density at radius 1 is 1.50 bits per heavy atom. The summed E-state index contributed by atoms with van der Waals surface area (Å²) in [6.07, 6.45) is 1.64. The summed E-state index contributed by atoms with van der Waals surface area (Å²) in [5.74, 6) is 1.24. The number of rotatable bonds is 4. The second-order valence-electron chi connectivity index (χ2n) is 3.91. The summed E-state index contributed by atoms with van der Waals surface area (Å²) >= 11 is 1.37. The summed E-state index contributed by atoms with van der Waals surface area (Å²) in [5, 5.41) is 7.90. The number of aryl methyl sites for hydroxylation is 1. The van der Waals surface area contributed by atoms with Gasteiger partial charge in [-0.2, -0.15) is 4.37 Å². The van der Waals surface area contributed by atoms with E-state index in [-0.39, 0.29) is 0 Å². The summed E-state index contributed by atoms with van der Waals surface area (Å²) in [5.41, 5.74) is 1.95. The van der Waals surface area contributed by atoms with Crippen LogP contribution in [0.15, 0.2) is 10.8 Å². The van der Waals surface area contributed by atoms with Crippen molar-refractivity contribution >= 4 is 16.7 Å². The lowest BCUT2D eigenvalue weighted by Gasteiger charge is -1.99. The molecule has 2 rings (SSSR count). The molecule has 0 radical (unpaired) electrons. The molecule has 0 spiro atoms. The van der Waals surface area contributed by atoms with Crippen molar-refractivity contribution in [3.05, 3.63) is 23.3 Å². The minimum atomic E-state index is 0.362. The van der Waals surface area contributed by atoms with E-state index < -0.39 is 0 Å². The summed E-state index contributed by atoms with van der Waals surface area (Å²) < 4.78 is 9.12. The lowest BCUT2D eigenvalue weighted by Crippen LogP contribution is -2.01. The molecule has 0 amide bonds. The van der Waals surface area contributed by atoms with Crippen LogP contribution in [0.1, 0.15) is 36.8 Å². The number of anilines is 1. The highest BCUT2D eigenvalue weighted by molar-refractivity contribution is 7.09. The second-order valence-corrected chi connectivity index (χ2v) is 4.66. The molecule has 1 N–H and O–H groups in total. The lowest BCUT2D eigenvalue weighted by molar-refractivity contribution is 0.412. The first-order valence-corrected chi connectivity index (χ1v) is 5.91. The Bertz CT molecular complexity index is 463. The van der Waals surface area contributed by atoms with E-state index in [4.69, 9.17) is 4.52 Å². The molecule has 0 saturated carbocycles. The first-order valence-electron chi connectivity index (χ1n) is 5.14. The molecule has 0 unspecified atom stereocenters. The van der Waals surface area contributed by atoms with Gasteiger partial charge in [0.25, 0.3) is 0 Å². The predicted octanol–water partition coefficient (Wildman–Crippen LogP) is 2.57. The average molecular weight is 238 g/mol. The van der Waals surface area contributed by atoms with E-state index in [0.29, 0.717) is 12.5 Å². The highest BCUT2D eigenvalue weighted by Crippen LogP contribution is 2.18. The number of aromatic nitrogens is 3. The zero-order chi connectivity index (χ0) is 11.5. The van der Waals surface area contributed by atoms with E-state index in [2.05, 4.69) is 33.7 Å². The molecular weight excluding hydrogens is 224 g/mol. The van der Waals surface area contributed by atoms with Crippen LogP contribution in [0.25, 0.3) is 0 Å². The maximum Gasteiger partial charge on any atom is 0.202 e. The van der Waals surface area contributed by atoms with Crippen LogP contribution in [-0.2, 0) is 6.54 Å². The van der Waals surface area contributed by atoms with Crippen molar-refractivity contribution in [2.75, 3.05) is 5.32 Å². The SMILES string of the molecule is Cc1conc1CNc1nc(C(C)C)ns1. The number of hydrogen-bond acceptors (Lipinski definition) is 6. The van der Waals surface area contributed by atoms with Gasteiger partial charge in [-0.25, -0.2) is 4.98 Å². The van der Waals surface area contributed by atoms with Gasteiger partial charge >= 0.3 is 0 Å². The fraction of sp³-hybridized carbons (Fsp3) is 0.500. The van der Waals surface area contributed by atoms with Gasteiger partial charge in [-0.1, -0.05) is 19.0 Å². The quantitative estimate of drug-likeness (QED) is 0.886. The molecule has 86 valence electrons. The Labute approximate surface area is 98.0 Å². The van der Waals surface area contributed by atoms with Gasteiger partial charge in [0.05, 0.1) is 6.54 Å². The van der Waals surface area contributed by atoms with Crippen LogP contribution in [0.2, 0.25) is 0 Å². The van der Waals surface area contributed by atoms with E-state index in [1.807, 2.05) is 6.92 Å². The van der Waals surface area contributed by atoms with E-state index in [9.17, 15) is 0 Å². The van der Waals surface area contributed by atoms with Crippen molar-refractivity contribution in [2.45, 2.75) is 33.2 Å². The average Bonchev–Trinajstić information content (AvgIpc) is 2.83. The van der Waals surface area contributed by atoms with Gasteiger partial charge in [0.2, 0.25) is 5.13 Å². The molecule has 0 aromatic carbocycles. The standard InChI is InChI=1S/C10H14N4OS/c1-6(2)9-12-10(16-14-9)11-4-8-7(3)5-15-13-8/h5-6H,4H2,1-3H3,(H,11,12,14). The summed E-state index contributed by atoms with van der Waals surface area (Å²) in [7, 11) is 0. The molecule has 5 nitrogen and oxygen atoms in total. The van der Waals surface area contributed by atoms with Crippen molar-refractivity contribution in [1.82, 2.24) is 14.5 Å². The molecule has 0 aliphatic heterocycles. The van der Waals surface area contributed by atoms with Crippen LogP contribution in [0, 0.1) is 6.92 Å². The fourth-order valence-electron chi connectivity index (χ4n) is 1.18. The molecule has 6 heteroatoms. The summed E-state index contributed by atoms with van der Waals surface area (Å²) in [4.78, 5) is 4.38. The van der Waals surface area contributed by atoms with Crippen LogP contribution < -0.4 is 5.32 Å². The fourth-order valence-corrected chi connectivity index (χ4v) is 1.88. The zero-order valence-corrected chi connectivity index (χ0v) is 10.3. The topological polar surface area (TPSA) is 63.8 Å². The van der Waals surface area contributed by atoms with E-state index in [1.165, 1.54) is 11.5 Å². The number of hydrogen-bond donors (Lipinski definition) is 1. The molecule has 0 aliphatic rings. The van der Waals surface area contributed by atoms with Gasteiger partial charge in [0.15, 0.2) is 0 Å². The third kappa shape index (κ3) is 2.38. The minimum absolute atomic E-state index is 0.362. The molecule has 16 heavy (non-hydrogen) atoms. The van der Waals surface area contributed by atoms with E-state index >= 15 is 0 Å². The Morgan fingerprint density at radius 3 is 2.88 bits per heavy atom. The van der Waals surface area contributed by atoms with Crippen molar-refractivity contribution in [2.24, 2.45) is 0 Å². The van der Waals surface area contributed by atoms with Crippen molar-refractivity contribution < 1.29 is 4.52 Å². The molecule has 2 aromatic rings. The van der Waals surface area contributed by atoms with Gasteiger partial charge in [-0.15, -0.1) is 0 Å². The third-order valence-electron chi connectivity index (χ3n) is 2.21. The molecule has 0 atom stereocenters. The van der Waals surface area contributed by atoms with Gasteiger partial charge in [-0.3, -0.25) is 0 Å². The molecule has 0 aliphatic carbocycles. The Morgan fingerprint density at radius 2 is 2.31 bits per heavy atom. The molecule has 2 aromatic heterocycles. The van der Waals surface area contributed by atoms with Gasteiger partial charge < -0.3 is 9.84 Å². The van der Waals surface area contributed by atoms with Crippen LogP contribution in [-0.4, -0.2) is 14.5 Å². The van der Waals surface area contributed by atoms with Crippen LogP contribution in [0.3, 0.4) is 0 Å². The van der Waals surface area contributed by atoms with E-state index in [1.54, 1.807) is 6.26 Å². The maximum atomic E-state index is 4.85. The summed E-state index contributed by atoms with van der Waals surface area (Å²) in [6.45, 7) is 6.74. The van der Waals surface area contributed by atoms with Crippen molar-refractivity contribution in [3.63, 3.8) is 0 Å². The molecule has 2 heterocycles. The monoisotopic (exact) mass is 238 g/mol. The molecule has 0 saturated heterocycles. The number of nitrogens with zero attached hydrogens (tertiary/aromatic N) is 3. The van der Waals surface area contributed by atoms with Gasteiger partial charge in [-0.05, 0) is 6.92 Å². The van der Waals surface area contributed by atoms with Gasteiger partial charge in [0, 0.05) is 23.0 Å². The van der Waals surface area contributed by atoms with Crippen LogP contribution in [0.5, 0.6) is 0 Å². The minimum Gasteiger partial charge on any atom is -0.364 e. The highest BCUT2D eigenvalue weighted by Gasteiger charge is 2.08. The van der Waals surface area contributed by atoms with E-state index in [0.717, 1.165) is 22.2 Å². The second kappa shape index (κ2) is 4.61. The normalized spacial score (nSPS) is 11.0. The Kier molecular flexibility index (Phi) is 3.19. The van der Waals surface area contributed by atoms with Gasteiger partial charge in [0.1, 0.15) is 17.8 Å². The predicted molar refractivity (Wildman–Crippen MR) is 62.6 cm³/mol. The third-order valence-corrected chi connectivity index (χ3v) is 2.90. The first kappa shape index (κ1) is 11.1. The Balaban J connectivity index is 1.97. The van der Waals surface area contributed by atoms with Crippen LogP contribution >= 0.6 is 11.5 Å². The zero-order valence-electron chi connectivity index (χ0n) is 9.52. The molecule has 0 bridgehead atoms. The largest absolute Gasteiger partial charge is 0.364 e. The van der Waals surface area contributed by atoms with Crippen molar-refractivity contribution in [3.8, 4) is 0 Å². The van der Waals surface area contributed by atoms with Crippen molar-refractivity contribution in [1.29, 1.82) is 0 Å². The smallest absolute Gasteiger partial charge is 0.202 e. The highest BCUT2D eigenvalue weighted by atomic mass is 32.1. The molecular formula is C10H14N4OS. The molecule has 0 fully saturated rings.